The van der Waals surface area contributed by atoms with E-state index in [4.69, 9.17) is 4.74 Å². The lowest BCUT2D eigenvalue weighted by atomic mass is 9.34. The minimum atomic E-state index is 0.118. The Hall–Kier alpha value is -3.79. The highest BCUT2D eigenvalue weighted by Gasteiger charge is 2.40. The summed E-state index contributed by atoms with van der Waals surface area (Å²) in [7, 11) is 0. The Kier molecular flexibility index (Phi) is 2.71. The standard InChI is InChI=1S/C25H15BN2O/c1-27-15-13-17-16-7-2-4-9-20(16)28-21-10-6-12-23-24(21)26(19(14-15)25(17)28)18-8-3-5-11-22(18)29-23/h2-14H,1H2. The molecular formula is C25H15BN2O. The molecule has 0 fully saturated rings. The molecule has 29 heavy (non-hydrogen) atoms. The van der Waals surface area contributed by atoms with Crippen LogP contribution in [0.5, 0.6) is 11.5 Å². The summed E-state index contributed by atoms with van der Waals surface area (Å²) in [4.78, 5) is 4.30. The molecule has 3 nitrogen and oxygen atoms in total. The highest BCUT2D eigenvalue weighted by Crippen LogP contribution is 2.38. The molecule has 0 radical (unpaired) electrons. The van der Waals surface area contributed by atoms with Crippen molar-refractivity contribution >= 4 is 57.3 Å². The Bertz CT molecular complexity index is 1510. The number of ether oxygens (including phenoxy) is 1. The summed E-state index contributed by atoms with van der Waals surface area (Å²) in [6.45, 7) is 3.93. The number of aromatic nitrogens is 1. The van der Waals surface area contributed by atoms with Gasteiger partial charge in [0.15, 0.2) is 0 Å². The van der Waals surface area contributed by atoms with Crippen LogP contribution in [-0.4, -0.2) is 18.0 Å². The van der Waals surface area contributed by atoms with Crippen molar-refractivity contribution in [1.82, 2.24) is 4.57 Å². The molecule has 0 N–H and O–H groups in total. The van der Waals surface area contributed by atoms with Crippen LogP contribution in [0.25, 0.3) is 27.5 Å². The molecule has 0 amide bonds. The second-order valence-electron chi connectivity index (χ2n) is 7.70. The van der Waals surface area contributed by atoms with Gasteiger partial charge in [0.2, 0.25) is 0 Å². The van der Waals surface area contributed by atoms with E-state index >= 15 is 0 Å². The van der Waals surface area contributed by atoms with E-state index in [9.17, 15) is 0 Å². The molecule has 0 unspecified atom stereocenters. The average Bonchev–Trinajstić information content (AvgIpc) is 3.11. The number of aliphatic imine (C=N–C) groups is 1. The molecule has 134 valence electrons. The Morgan fingerprint density at radius 3 is 2.55 bits per heavy atom. The molecule has 2 aliphatic heterocycles. The van der Waals surface area contributed by atoms with Crippen LogP contribution in [-0.2, 0) is 0 Å². The number of nitrogens with zero attached hydrogens (tertiary/aromatic N) is 2. The molecule has 0 saturated carbocycles. The zero-order chi connectivity index (χ0) is 19.1. The van der Waals surface area contributed by atoms with E-state index in [0.717, 1.165) is 17.2 Å². The lowest BCUT2D eigenvalue weighted by molar-refractivity contribution is 0.487. The Labute approximate surface area is 168 Å². The van der Waals surface area contributed by atoms with E-state index < -0.39 is 0 Å². The van der Waals surface area contributed by atoms with Gasteiger partial charge in [0.25, 0.3) is 6.71 Å². The molecule has 1 aromatic heterocycles. The maximum absolute atomic E-state index is 6.33. The zero-order valence-electron chi connectivity index (χ0n) is 15.6. The normalized spacial score (nSPS) is 13.2. The first-order chi connectivity index (χ1) is 14.3. The molecule has 0 aliphatic carbocycles. The van der Waals surface area contributed by atoms with Gasteiger partial charge in [0, 0.05) is 22.0 Å². The summed E-state index contributed by atoms with van der Waals surface area (Å²) in [5, 5.41) is 2.46. The Morgan fingerprint density at radius 1 is 0.793 bits per heavy atom. The Balaban J connectivity index is 1.76. The van der Waals surface area contributed by atoms with Crippen molar-refractivity contribution in [1.29, 1.82) is 0 Å². The predicted octanol–water partition coefficient (Wildman–Crippen LogP) is 4.05. The maximum atomic E-state index is 6.33. The van der Waals surface area contributed by atoms with Gasteiger partial charge in [-0.2, -0.15) is 0 Å². The van der Waals surface area contributed by atoms with Gasteiger partial charge in [-0.3, -0.25) is 4.99 Å². The maximum Gasteiger partial charge on any atom is 0.256 e. The minimum Gasteiger partial charge on any atom is -0.458 e. The van der Waals surface area contributed by atoms with Crippen molar-refractivity contribution in [2.45, 2.75) is 0 Å². The molecule has 0 atom stereocenters. The molecule has 0 bridgehead atoms. The van der Waals surface area contributed by atoms with E-state index in [1.54, 1.807) is 0 Å². The van der Waals surface area contributed by atoms with Crippen LogP contribution in [0.3, 0.4) is 0 Å². The topological polar surface area (TPSA) is 26.5 Å². The first-order valence-electron chi connectivity index (χ1n) is 9.79. The molecule has 5 aromatic rings. The molecule has 7 rings (SSSR count). The number of benzene rings is 4. The van der Waals surface area contributed by atoms with Gasteiger partial charge in [-0.25, -0.2) is 0 Å². The van der Waals surface area contributed by atoms with Gasteiger partial charge in [0.1, 0.15) is 11.5 Å². The molecule has 4 heteroatoms. The van der Waals surface area contributed by atoms with Crippen molar-refractivity contribution < 1.29 is 4.74 Å². The number of hydrogen-bond acceptors (Lipinski definition) is 2. The number of fused-ring (bicyclic) bond motifs is 7. The fourth-order valence-electron chi connectivity index (χ4n) is 5.19. The van der Waals surface area contributed by atoms with Crippen LogP contribution in [0.15, 0.2) is 83.9 Å². The van der Waals surface area contributed by atoms with Crippen LogP contribution in [0.2, 0.25) is 0 Å². The van der Waals surface area contributed by atoms with E-state index in [-0.39, 0.29) is 6.71 Å². The van der Waals surface area contributed by atoms with Crippen LogP contribution in [0.1, 0.15) is 0 Å². The summed E-state index contributed by atoms with van der Waals surface area (Å²) in [5.74, 6) is 1.86. The van der Waals surface area contributed by atoms with E-state index in [1.807, 2.05) is 6.07 Å². The summed E-state index contributed by atoms with van der Waals surface area (Å²) >= 11 is 0. The first-order valence-corrected chi connectivity index (χ1v) is 9.79. The van der Waals surface area contributed by atoms with Crippen LogP contribution in [0.4, 0.5) is 5.69 Å². The number of hydrogen-bond donors (Lipinski definition) is 0. The monoisotopic (exact) mass is 370 g/mol. The summed E-state index contributed by atoms with van der Waals surface area (Å²) < 4.78 is 8.72. The first kappa shape index (κ1) is 15.2. The van der Waals surface area contributed by atoms with Crippen molar-refractivity contribution in [3.63, 3.8) is 0 Å². The van der Waals surface area contributed by atoms with E-state index in [2.05, 4.69) is 89.1 Å². The van der Waals surface area contributed by atoms with E-state index in [1.165, 1.54) is 43.9 Å². The van der Waals surface area contributed by atoms with Crippen molar-refractivity contribution in [3.05, 3.63) is 78.9 Å². The highest BCUT2D eigenvalue weighted by atomic mass is 16.5. The fraction of sp³-hybridized carbons (Fsp3) is 0. The number of rotatable bonds is 1. The number of para-hydroxylation sites is 2. The Morgan fingerprint density at radius 2 is 1.62 bits per heavy atom. The molecule has 4 aromatic carbocycles. The fourth-order valence-corrected chi connectivity index (χ4v) is 5.19. The quantitative estimate of drug-likeness (QED) is 0.316. The second kappa shape index (κ2) is 5.18. The predicted molar refractivity (Wildman–Crippen MR) is 121 cm³/mol. The molecule has 0 spiro atoms. The third kappa shape index (κ3) is 1.77. The van der Waals surface area contributed by atoms with E-state index in [0.29, 0.717) is 0 Å². The summed E-state index contributed by atoms with van der Waals surface area (Å²) in [5.41, 5.74) is 8.24. The zero-order valence-corrected chi connectivity index (χ0v) is 15.6. The minimum absolute atomic E-state index is 0.118. The van der Waals surface area contributed by atoms with Gasteiger partial charge >= 0.3 is 0 Å². The average molecular weight is 370 g/mol. The summed E-state index contributed by atoms with van der Waals surface area (Å²) in [6, 6.07) is 27.7. The van der Waals surface area contributed by atoms with Crippen LogP contribution >= 0.6 is 0 Å². The van der Waals surface area contributed by atoms with Crippen molar-refractivity contribution in [3.8, 4) is 17.2 Å². The molecule has 3 heterocycles. The second-order valence-corrected chi connectivity index (χ2v) is 7.70. The van der Waals surface area contributed by atoms with Gasteiger partial charge in [-0.15, -0.1) is 0 Å². The van der Waals surface area contributed by atoms with Crippen molar-refractivity contribution in [2.24, 2.45) is 4.99 Å². The van der Waals surface area contributed by atoms with Crippen molar-refractivity contribution in [2.75, 3.05) is 0 Å². The van der Waals surface area contributed by atoms with Gasteiger partial charge in [-0.1, -0.05) is 42.5 Å². The molecule has 2 aliphatic rings. The highest BCUT2D eigenvalue weighted by molar-refractivity contribution is 6.99. The molecule has 0 saturated heterocycles. The third-order valence-corrected chi connectivity index (χ3v) is 6.30. The SMILES string of the molecule is C=Nc1cc2c3c(c1)c1ccccc1n3-c1cccc3c1B2c1ccccc1O3. The van der Waals surface area contributed by atoms with Gasteiger partial charge in [-0.05, 0) is 59.5 Å². The largest absolute Gasteiger partial charge is 0.458 e. The van der Waals surface area contributed by atoms with Gasteiger partial charge < -0.3 is 9.30 Å². The smallest absolute Gasteiger partial charge is 0.256 e. The van der Waals surface area contributed by atoms with Gasteiger partial charge in [0.05, 0.1) is 11.2 Å². The van der Waals surface area contributed by atoms with Crippen LogP contribution in [0, 0.1) is 0 Å². The third-order valence-electron chi connectivity index (χ3n) is 6.30. The lowest BCUT2D eigenvalue weighted by Crippen LogP contribution is -2.58. The summed E-state index contributed by atoms with van der Waals surface area (Å²) in [6.07, 6.45) is 0. The van der Waals surface area contributed by atoms with Crippen LogP contribution < -0.4 is 21.1 Å². The lowest BCUT2D eigenvalue weighted by Gasteiger charge is -2.33. The molecular weight excluding hydrogens is 355 g/mol.